The lowest BCUT2D eigenvalue weighted by Gasteiger charge is -2.24. The lowest BCUT2D eigenvalue weighted by atomic mass is 10.2. The number of benzene rings is 1. The summed E-state index contributed by atoms with van der Waals surface area (Å²) in [5, 5.41) is 9.69. The summed E-state index contributed by atoms with van der Waals surface area (Å²) in [6.07, 6.45) is 1.29. The number of hydrogen-bond acceptors (Lipinski definition) is 3. The summed E-state index contributed by atoms with van der Waals surface area (Å²) in [6, 6.07) is 7.79. The van der Waals surface area contributed by atoms with E-state index in [4.69, 9.17) is 4.74 Å². The van der Waals surface area contributed by atoms with Crippen LogP contribution in [-0.2, 0) is 0 Å². The molecule has 0 spiro atoms. The molecule has 0 aliphatic carbocycles. The normalized spacial score (nSPS) is 12.2. The molecule has 0 amide bonds. The minimum absolute atomic E-state index is 0.428. The van der Waals surface area contributed by atoms with Gasteiger partial charge in [0.15, 0.2) is 0 Å². The molecule has 3 nitrogen and oxygen atoms in total. The minimum atomic E-state index is -0.428. The molecule has 90 valence electrons. The van der Waals surface area contributed by atoms with Gasteiger partial charge in [0.05, 0.1) is 6.61 Å². The molecule has 0 fully saturated rings. The number of ether oxygens (including phenoxy) is 1. The molecular formula is C13H21NO2. The van der Waals surface area contributed by atoms with Crippen molar-refractivity contribution in [2.24, 2.45) is 0 Å². The molecule has 1 N–H and O–H groups in total. The van der Waals surface area contributed by atoms with Crippen molar-refractivity contribution in [1.29, 1.82) is 0 Å². The summed E-state index contributed by atoms with van der Waals surface area (Å²) < 4.78 is 5.50. The zero-order valence-electron chi connectivity index (χ0n) is 10.3. The van der Waals surface area contributed by atoms with E-state index in [0.717, 1.165) is 24.5 Å². The average molecular weight is 223 g/mol. The largest absolute Gasteiger partial charge is 0.494 e. The van der Waals surface area contributed by atoms with Crippen molar-refractivity contribution in [2.45, 2.75) is 32.9 Å². The molecule has 0 aliphatic heterocycles. The number of nitrogens with zero attached hydrogens (tertiary/aromatic N) is 1. The molecule has 1 aromatic rings. The van der Waals surface area contributed by atoms with Gasteiger partial charge in [0.2, 0.25) is 0 Å². The lowest BCUT2D eigenvalue weighted by Crippen LogP contribution is -2.30. The van der Waals surface area contributed by atoms with E-state index in [0.29, 0.717) is 6.42 Å². The molecule has 0 saturated carbocycles. The molecule has 16 heavy (non-hydrogen) atoms. The Bertz CT molecular complexity index is 297. The van der Waals surface area contributed by atoms with Crippen LogP contribution in [0.5, 0.6) is 5.75 Å². The summed E-state index contributed by atoms with van der Waals surface area (Å²) in [5.74, 6) is 0.880. The molecule has 0 saturated heterocycles. The summed E-state index contributed by atoms with van der Waals surface area (Å²) in [4.78, 5) is 1.85. The fourth-order valence-electron chi connectivity index (χ4n) is 1.44. The number of aliphatic hydroxyl groups is 1. The van der Waals surface area contributed by atoms with Gasteiger partial charge in [-0.2, -0.15) is 0 Å². The zero-order valence-corrected chi connectivity index (χ0v) is 10.3. The molecule has 0 radical (unpaired) electrons. The number of hydrogen-bond donors (Lipinski definition) is 1. The van der Waals surface area contributed by atoms with Gasteiger partial charge in [-0.15, -0.1) is 0 Å². The van der Waals surface area contributed by atoms with E-state index >= 15 is 0 Å². The Labute approximate surface area is 97.7 Å². The predicted octanol–water partition coefficient (Wildman–Crippen LogP) is 2.64. The smallest absolute Gasteiger partial charge is 0.126 e. The molecule has 0 heterocycles. The van der Waals surface area contributed by atoms with E-state index < -0.39 is 6.23 Å². The van der Waals surface area contributed by atoms with E-state index in [2.05, 4.69) is 6.92 Å². The molecule has 1 rings (SSSR count). The monoisotopic (exact) mass is 223 g/mol. The van der Waals surface area contributed by atoms with Crippen LogP contribution >= 0.6 is 0 Å². The maximum absolute atomic E-state index is 9.69. The molecular weight excluding hydrogens is 202 g/mol. The molecule has 0 bridgehead atoms. The minimum Gasteiger partial charge on any atom is -0.494 e. The first-order valence-corrected chi connectivity index (χ1v) is 5.82. The molecule has 0 aromatic heterocycles. The quantitative estimate of drug-likeness (QED) is 0.752. The van der Waals surface area contributed by atoms with Gasteiger partial charge in [0.1, 0.15) is 12.0 Å². The van der Waals surface area contributed by atoms with Crippen molar-refractivity contribution in [2.75, 3.05) is 18.6 Å². The van der Waals surface area contributed by atoms with E-state index in [-0.39, 0.29) is 0 Å². The lowest BCUT2D eigenvalue weighted by molar-refractivity contribution is 0.170. The summed E-state index contributed by atoms with van der Waals surface area (Å²) in [7, 11) is 1.88. The molecule has 1 unspecified atom stereocenters. The van der Waals surface area contributed by atoms with Gasteiger partial charge in [0, 0.05) is 12.7 Å². The van der Waals surface area contributed by atoms with Gasteiger partial charge in [-0.3, -0.25) is 0 Å². The standard InChI is InChI=1S/C13H21NO2/c1-4-10-16-12-8-6-11(7-9-12)14(3)13(15)5-2/h6-9,13,15H,4-5,10H2,1-3H3. The Balaban J connectivity index is 2.63. The highest BCUT2D eigenvalue weighted by molar-refractivity contribution is 5.48. The van der Waals surface area contributed by atoms with Crippen molar-refractivity contribution in [3.8, 4) is 5.75 Å². The summed E-state index contributed by atoms with van der Waals surface area (Å²) in [5.41, 5.74) is 0.998. The second-order valence-corrected chi connectivity index (χ2v) is 3.84. The fraction of sp³-hybridized carbons (Fsp3) is 0.538. The first kappa shape index (κ1) is 12.8. The molecule has 1 aromatic carbocycles. The van der Waals surface area contributed by atoms with Crippen LogP contribution in [0.1, 0.15) is 26.7 Å². The Morgan fingerprint density at radius 3 is 2.38 bits per heavy atom. The van der Waals surface area contributed by atoms with E-state index in [9.17, 15) is 5.11 Å². The van der Waals surface area contributed by atoms with Crippen molar-refractivity contribution in [3.63, 3.8) is 0 Å². The molecule has 0 aliphatic rings. The van der Waals surface area contributed by atoms with Crippen LogP contribution in [0, 0.1) is 0 Å². The van der Waals surface area contributed by atoms with Crippen molar-refractivity contribution in [1.82, 2.24) is 0 Å². The summed E-state index contributed by atoms with van der Waals surface area (Å²) in [6.45, 7) is 4.78. The van der Waals surface area contributed by atoms with Gasteiger partial charge in [-0.25, -0.2) is 0 Å². The average Bonchev–Trinajstić information content (AvgIpc) is 2.35. The van der Waals surface area contributed by atoms with Gasteiger partial charge >= 0.3 is 0 Å². The van der Waals surface area contributed by atoms with Crippen LogP contribution in [0.3, 0.4) is 0 Å². The van der Waals surface area contributed by atoms with Crippen LogP contribution in [-0.4, -0.2) is 25.0 Å². The van der Waals surface area contributed by atoms with Crippen LogP contribution in [0.2, 0.25) is 0 Å². The topological polar surface area (TPSA) is 32.7 Å². The number of rotatable bonds is 6. The third-order valence-electron chi connectivity index (χ3n) is 2.53. The van der Waals surface area contributed by atoms with Gasteiger partial charge in [0.25, 0.3) is 0 Å². The van der Waals surface area contributed by atoms with Crippen molar-refractivity contribution in [3.05, 3.63) is 24.3 Å². The maximum atomic E-state index is 9.69. The highest BCUT2D eigenvalue weighted by Crippen LogP contribution is 2.20. The second-order valence-electron chi connectivity index (χ2n) is 3.84. The van der Waals surface area contributed by atoms with Crippen LogP contribution in [0.15, 0.2) is 24.3 Å². The SMILES string of the molecule is CCCOc1ccc(N(C)C(O)CC)cc1. The van der Waals surface area contributed by atoms with E-state index in [1.54, 1.807) is 0 Å². The Kier molecular flexibility index (Phi) is 5.12. The highest BCUT2D eigenvalue weighted by Gasteiger charge is 2.08. The maximum Gasteiger partial charge on any atom is 0.126 e. The van der Waals surface area contributed by atoms with Gasteiger partial charge in [-0.05, 0) is 37.1 Å². The van der Waals surface area contributed by atoms with Crippen LogP contribution in [0.4, 0.5) is 5.69 Å². The molecule has 1 atom stereocenters. The van der Waals surface area contributed by atoms with Gasteiger partial charge in [-0.1, -0.05) is 13.8 Å². The zero-order chi connectivity index (χ0) is 12.0. The van der Waals surface area contributed by atoms with E-state index in [1.165, 1.54) is 0 Å². The van der Waals surface area contributed by atoms with E-state index in [1.807, 2.05) is 43.1 Å². The van der Waals surface area contributed by atoms with Gasteiger partial charge < -0.3 is 14.7 Å². The first-order valence-electron chi connectivity index (χ1n) is 5.82. The third kappa shape index (κ3) is 3.42. The summed E-state index contributed by atoms with van der Waals surface area (Å²) >= 11 is 0. The third-order valence-corrected chi connectivity index (χ3v) is 2.53. The Hall–Kier alpha value is -1.22. The second kappa shape index (κ2) is 6.38. The predicted molar refractivity (Wildman–Crippen MR) is 66.9 cm³/mol. The highest BCUT2D eigenvalue weighted by atomic mass is 16.5. The Morgan fingerprint density at radius 2 is 1.88 bits per heavy atom. The number of anilines is 1. The van der Waals surface area contributed by atoms with Crippen molar-refractivity contribution >= 4 is 5.69 Å². The van der Waals surface area contributed by atoms with Crippen LogP contribution in [0.25, 0.3) is 0 Å². The molecule has 3 heteroatoms. The number of aliphatic hydroxyl groups excluding tert-OH is 1. The van der Waals surface area contributed by atoms with Crippen LogP contribution < -0.4 is 9.64 Å². The fourth-order valence-corrected chi connectivity index (χ4v) is 1.44. The van der Waals surface area contributed by atoms with Crippen molar-refractivity contribution < 1.29 is 9.84 Å². The Morgan fingerprint density at radius 1 is 1.25 bits per heavy atom. The first-order chi connectivity index (χ1) is 7.69.